The zero-order valence-corrected chi connectivity index (χ0v) is 17.7. The van der Waals surface area contributed by atoms with Crippen molar-refractivity contribution in [3.63, 3.8) is 0 Å². The second-order valence-corrected chi connectivity index (χ2v) is 7.08. The van der Waals surface area contributed by atoms with Gasteiger partial charge in [0.05, 0.1) is 19.1 Å². The van der Waals surface area contributed by atoms with Crippen LogP contribution >= 0.6 is 11.6 Å². The maximum absolute atomic E-state index is 12.4. The van der Waals surface area contributed by atoms with E-state index in [1.165, 1.54) is 0 Å². The zero-order valence-electron chi connectivity index (χ0n) is 16.9. The van der Waals surface area contributed by atoms with Crippen LogP contribution in [-0.4, -0.2) is 38.3 Å². The maximum Gasteiger partial charge on any atom is 0.313 e. The monoisotopic (exact) mass is 433 g/mol. The van der Waals surface area contributed by atoms with Crippen LogP contribution < -0.4 is 19.5 Å². The average molecular weight is 434 g/mol. The van der Waals surface area contributed by atoms with Crippen LogP contribution in [0.1, 0.15) is 19.4 Å². The van der Waals surface area contributed by atoms with Crippen molar-refractivity contribution < 1.29 is 28.5 Å². The normalized spacial score (nSPS) is 14.8. The Balaban J connectivity index is 1.53. The largest absolute Gasteiger partial charge is 0.492 e. The number of amides is 1. The van der Waals surface area contributed by atoms with Crippen molar-refractivity contribution in [3.05, 3.63) is 47.0 Å². The van der Waals surface area contributed by atoms with E-state index in [0.717, 1.165) is 5.56 Å². The summed E-state index contributed by atoms with van der Waals surface area (Å²) in [7, 11) is 0. The first-order valence-electron chi connectivity index (χ1n) is 9.77. The molecule has 2 aromatic carbocycles. The van der Waals surface area contributed by atoms with Crippen molar-refractivity contribution in [2.24, 2.45) is 5.92 Å². The molecule has 0 saturated heterocycles. The summed E-state index contributed by atoms with van der Waals surface area (Å²) in [6, 6.07) is 10.4. The minimum Gasteiger partial charge on any atom is -0.492 e. The molecule has 1 aliphatic heterocycles. The number of fused-ring (bicyclic) bond motifs is 1. The van der Waals surface area contributed by atoms with Crippen LogP contribution in [0.3, 0.4) is 0 Å². The van der Waals surface area contributed by atoms with Gasteiger partial charge in [0.15, 0.2) is 18.1 Å². The van der Waals surface area contributed by atoms with Gasteiger partial charge in [0.1, 0.15) is 12.4 Å². The molecule has 1 aliphatic rings. The van der Waals surface area contributed by atoms with Crippen LogP contribution in [0.4, 0.5) is 5.69 Å². The van der Waals surface area contributed by atoms with E-state index in [1.807, 2.05) is 13.8 Å². The molecule has 1 amide bonds. The summed E-state index contributed by atoms with van der Waals surface area (Å²) in [4.78, 5) is 24.6. The number of carbonyl (C=O) groups excluding carboxylic acids is 2. The molecule has 0 bridgehead atoms. The predicted octanol–water partition coefficient (Wildman–Crippen LogP) is 3.87. The van der Waals surface area contributed by atoms with E-state index in [0.29, 0.717) is 47.6 Å². The molecule has 0 saturated carbocycles. The van der Waals surface area contributed by atoms with Crippen LogP contribution in [0, 0.1) is 5.92 Å². The lowest BCUT2D eigenvalue weighted by Gasteiger charge is -2.24. The van der Waals surface area contributed by atoms with Gasteiger partial charge in [-0.2, -0.15) is 0 Å². The van der Waals surface area contributed by atoms with Crippen molar-refractivity contribution in [3.8, 4) is 17.2 Å². The second kappa shape index (κ2) is 10.2. The van der Waals surface area contributed by atoms with Gasteiger partial charge in [0.2, 0.25) is 0 Å². The number of carbonyl (C=O) groups is 2. The highest BCUT2D eigenvalue weighted by atomic mass is 35.5. The second-order valence-electron chi connectivity index (χ2n) is 6.65. The van der Waals surface area contributed by atoms with E-state index in [1.54, 1.807) is 36.4 Å². The molecule has 30 heavy (non-hydrogen) atoms. The van der Waals surface area contributed by atoms with E-state index in [2.05, 4.69) is 5.32 Å². The average Bonchev–Trinajstić information content (AvgIpc) is 2.73. The topological polar surface area (TPSA) is 83.1 Å². The van der Waals surface area contributed by atoms with Crippen LogP contribution in [-0.2, 0) is 20.7 Å². The van der Waals surface area contributed by atoms with Crippen LogP contribution in [0.25, 0.3) is 0 Å². The quantitative estimate of drug-likeness (QED) is 0.636. The van der Waals surface area contributed by atoms with Crippen molar-refractivity contribution in [2.75, 3.05) is 31.7 Å². The van der Waals surface area contributed by atoms with Crippen molar-refractivity contribution in [2.45, 2.75) is 20.3 Å². The van der Waals surface area contributed by atoms with Gasteiger partial charge in [-0.15, -0.1) is 0 Å². The number of nitrogens with one attached hydrogen (secondary N) is 1. The summed E-state index contributed by atoms with van der Waals surface area (Å²) in [5.74, 6) is 0.417. The Morgan fingerprint density at radius 3 is 2.63 bits per heavy atom. The SMILES string of the molecule is CCOc1ccc(NC(=O)COC(=O)C2COc3ccc(Cl)cc3C2)cc1OCC. The zero-order chi connectivity index (χ0) is 21.5. The van der Waals surface area contributed by atoms with Gasteiger partial charge in [-0.3, -0.25) is 9.59 Å². The molecular weight excluding hydrogens is 410 g/mol. The molecule has 3 rings (SSSR count). The van der Waals surface area contributed by atoms with Gasteiger partial charge in [0.25, 0.3) is 5.91 Å². The van der Waals surface area contributed by atoms with Gasteiger partial charge in [0, 0.05) is 16.8 Å². The summed E-state index contributed by atoms with van der Waals surface area (Å²) in [5, 5.41) is 3.27. The van der Waals surface area contributed by atoms with E-state index in [4.69, 9.17) is 30.5 Å². The van der Waals surface area contributed by atoms with Gasteiger partial charge >= 0.3 is 5.97 Å². The Labute approximate surface area is 180 Å². The summed E-state index contributed by atoms with van der Waals surface area (Å²) < 4.78 is 21.8. The van der Waals surface area contributed by atoms with Crippen LogP contribution in [0.5, 0.6) is 17.2 Å². The summed E-state index contributed by atoms with van der Waals surface area (Å²) >= 11 is 6.00. The van der Waals surface area contributed by atoms with E-state index in [-0.39, 0.29) is 6.61 Å². The molecule has 7 nitrogen and oxygen atoms in total. The van der Waals surface area contributed by atoms with E-state index in [9.17, 15) is 9.59 Å². The number of hydrogen-bond acceptors (Lipinski definition) is 6. The molecule has 0 radical (unpaired) electrons. The first-order valence-corrected chi connectivity index (χ1v) is 10.1. The Hall–Kier alpha value is -2.93. The third-order valence-electron chi connectivity index (χ3n) is 4.43. The summed E-state index contributed by atoms with van der Waals surface area (Å²) in [6.07, 6.45) is 0.451. The standard InChI is InChI=1S/C22H24ClNO6/c1-3-27-19-8-6-17(11-20(19)28-4-2)24-21(25)13-30-22(26)15-9-14-10-16(23)5-7-18(14)29-12-15/h5-8,10-11,15H,3-4,9,12-13H2,1-2H3,(H,24,25). The molecule has 2 aromatic rings. The molecule has 0 aromatic heterocycles. The van der Waals surface area contributed by atoms with Gasteiger partial charge in [-0.25, -0.2) is 0 Å². The van der Waals surface area contributed by atoms with E-state index >= 15 is 0 Å². The molecule has 1 unspecified atom stereocenters. The lowest BCUT2D eigenvalue weighted by Crippen LogP contribution is -2.32. The van der Waals surface area contributed by atoms with Gasteiger partial charge in [-0.05, 0) is 56.2 Å². The predicted molar refractivity (Wildman–Crippen MR) is 113 cm³/mol. The summed E-state index contributed by atoms with van der Waals surface area (Å²) in [6.45, 7) is 4.52. The Bertz CT molecular complexity index is 916. The first-order chi connectivity index (χ1) is 14.5. The van der Waals surface area contributed by atoms with Gasteiger partial charge < -0.3 is 24.3 Å². The number of rotatable bonds is 8. The molecule has 0 fully saturated rings. The summed E-state index contributed by atoms with van der Waals surface area (Å²) in [5.41, 5.74) is 1.37. The molecular formula is C22H24ClNO6. The maximum atomic E-state index is 12.4. The fourth-order valence-electron chi connectivity index (χ4n) is 3.09. The third-order valence-corrected chi connectivity index (χ3v) is 4.67. The highest BCUT2D eigenvalue weighted by Gasteiger charge is 2.28. The Kier molecular flexibility index (Phi) is 7.41. The number of hydrogen-bond donors (Lipinski definition) is 1. The molecule has 1 atom stereocenters. The number of esters is 1. The Morgan fingerprint density at radius 1 is 1.10 bits per heavy atom. The van der Waals surface area contributed by atoms with Crippen LogP contribution in [0.2, 0.25) is 5.02 Å². The third kappa shape index (κ3) is 5.57. The fourth-order valence-corrected chi connectivity index (χ4v) is 3.29. The molecule has 160 valence electrons. The molecule has 1 N–H and O–H groups in total. The van der Waals surface area contributed by atoms with Crippen molar-refractivity contribution >= 4 is 29.2 Å². The lowest BCUT2D eigenvalue weighted by atomic mass is 9.97. The number of ether oxygens (including phenoxy) is 4. The Morgan fingerprint density at radius 2 is 1.87 bits per heavy atom. The van der Waals surface area contributed by atoms with Crippen LogP contribution in [0.15, 0.2) is 36.4 Å². The minimum atomic E-state index is -0.488. The lowest BCUT2D eigenvalue weighted by molar-refractivity contribution is -0.152. The number of halogens is 1. The molecule has 8 heteroatoms. The van der Waals surface area contributed by atoms with Crippen molar-refractivity contribution in [1.29, 1.82) is 0 Å². The minimum absolute atomic E-state index is 0.200. The fraction of sp³-hybridized carbons (Fsp3) is 0.364. The number of anilines is 1. The molecule has 0 spiro atoms. The first kappa shape index (κ1) is 21.8. The van der Waals surface area contributed by atoms with E-state index < -0.39 is 24.4 Å². The molecule has 0 aliphatic carbocycles. The highest BCUT2D eigenvalue weighted by molar-refractivity contribution is 6.30. The van der Waals surface area contributed by atoms with Gasteiger partial charge in [-0.1, -0.05) is 11.6 Å². The number of benzene rings is 2. The van der Waals surface area contributed by atoms with Crippen molar-refractivity contribution in [1.82, 2.24) is 0 Å². The smallest absolute Gasteiger partial charge is 0.313 e. The highest BCUT2D eigenvalue weighted by Crippen LogP contribution is 2.31. The molecule has 1 heterocycles.